The molecule has 1 aromatic carbocycles. The number of nitrogens with one attached hydrogen (secondary N) is 2. The van der Waals surface area contributed by atoms with Crippen molar-refractivity contribution in [3.8, 4) is 0 Å². The second-order valence-corrected chi connectivity index (χ2v) is 5.21. The van der Waals surface area contributed by atoms with Crippen LogP contribution in [-0.4, -0.2) is 19.6 Å². The van der Waals surface area contributed by atoms with Crippen LogP contribution in [0.25, 0.3) is 0 Å². The van der Waals surface area contributed by atoms with Gasteiger partial charge in [0.25, 0.3) is 0 Å². The molecule has 0 aliphatic heterocycles. The van der Waals surface area contributed by atoms with Crippen molar-refractivity contribution in [2.75, 3.05) is 13.6 Å². The molecule has 1 fully saturated rings. The van der Waals surface area contributed by atoms with Gasteiger partial charge < -0.3 is 10.6 Å². The van der Waals surface area contributed by atoms with Gasteiger partial charge in [0.2, 0.25) is 0 Å². The maximum Gasteiger partial charge on any atom is 0.191 e. The van der Waals surface area contributed by atoms with E-state index in [1.54, 1.807) is 0 Å². The second-order valence-electron chi connectivity index (χ2n) is 5.21. The molecule has 3 nitrogen and oxygen atoms in total. The summed E-state index contributed by atoms with van der Waals surface area (Å²) in [6.45, 7) is 4.06. The normalized spacial score (nSPS) is 14.6. The molecule has 0 unspecified atom stereocenters. The van der Waals surface area contributed by atoms with Crippen LogP contribution in [0.15, 0.2) is 29.3 Å². The fraction of sp³-hybridized carbons (Fsp3) is 0.562. The van der Waals surface area contributed by atoms with E-state index in [1.165, 1.54) is 30.4 Å². The van der Waals surface area contributed by atoms with Gasteiger partial charge in [0.1, 0.15) is 0 Å². The van der Waals surface area contributed by atoms with E-state index in [2.05, 4.69) is 46.8 Å². The third-order valence-electron chi connectivity index (χ3n) is 3.71. The first kappa shape index (κ1) is 17.3. The summed E-state index contributed by atoms with van der Waals surface area (Å²) >= 11 is 0. The molecule has 0 bridgehead atoms. The summed E-state index contributed by atoms with van der Waals surface area (Å²) in [5.74, 6) is 1.87. The summed E-state index contributed by atoms with van der Waals surface area (Å²) in [4.78, 5) is 4.27. The largest absolute Gasteiger partial charge is 0.356 e. The fourth-order valence-corrected chi connectivity index (χ4v) is 2.28. The van der Waals surface area contributed by atoms with E-state index in [4.69, 9.17) is 0 Å². The molecule has 0 amide bonds. The van der Waals surface area contributed by atoms with Crippen molar-refractivity contribution >= 4 is 29.9 Å². The van der Waals surface area contributed by atoms with Gasteiger partial charge in [-0.05, 0) is 29.9 Å². The third-order valence-corrected chi connectivity index (χ3v) is 3.71. The average Bonchev–Trinajstić information content (AvgIpc) is 3.27. The molecule has 2 rings (SSSR count). The number of nitrogens with zero attached hydrogens (tertiary/aromatic N) is 1. The molecule has 1 aliphatic carbocycles. The SMILES string of the molecule is CCc1ccccc1CNC(=NC)NCCC1CC1.I. The Morgan fingerprint density at radius 1 is 1.20 bits per heavy atom. The minimum atomic E-state index is 0. The molecule has 4 heteroatoms. The Kier molecular flexibility index (Phi) is 7.95. The van der Waals surface area contributed by atoms with Crippen LogP contribution < -0.4 is 10.6 Å². The van der Waals surface area contributed by atoms with Crippen LogP contribution in [0.2, 0.25) is 0 Å². The van der Waals surface area contributed by atoms with E-state index in [0.717, 1.165) is 31.4 Å². The summed E-state index contributed by atoms with van der Waals surface area (Å²) in [5.41, 5.74) is 2.76. The maximum absolute atomic E-state index is 4.27. The standard InChI is InChI=1S/C16H25N3.HI/c1-3-14-6-4-5-7-15(14)12-19-16(17-2)18-11-10-13-8-9-13;/h4-7,13H,3,8-12H2,1-2H3,(H2,17,18,19);1H. The highest BCUT2D eigenvalue weighted by Crippen LogP contribution is 2.31. The van der Waals surface area contributed by atoms with Crippen molar-refractivity contribution in [3.05, 3.63) is 35.4 Å². The quantitative estimate of drug-likeness (QED) is 0.446. The molecule has 1 aliphatic rings. The van der Waals surface area contributed by atoms with Gasteiger partial charge in [-0.15, -0.1) is 24.0 Å². The van der Waals surface area contributed by atoms with Gasteiger partial charge in [0.15, 0.2) is 5.96 Å². The molecule has 20 heavy (non-hydrogen) atoms. The van der Waals surface area contributed by atoms with Crippen molar-refractivity contribution in [2.45, 2.75) is 39.2 Å². The van der Waals surface area contributed by atoms with Gasteiger partial charge >= 0.3 is 0 Å². The van der Waals surface area contributed by atoms with Gasteiger partial charge in [-0.1, -0.05) is 44.0 Å². The second kappa shape index (κ2) is 9.21. The molecule has 0 aromatic heterocycles. The Balaban J connectivity index is 0.00000200. The van der Waals surface area contributed by atoms with E-state index >= 15 is 0 Å². The topological polar surface area (TPSA) is 36.4 Å². The summed E-state index contributed by atoms with van der Waals surface area (Å²) in [5, 5.41) is 6.78. The van der Waals surface area contributed by atoms with Gasteiger partial charge in [-0.2, -0.15) is 0 Å². The molecule has 112 valence electrons. The number of aryl methyl sites for hydroxylation is 1. The fourth-order valence-electron chi connectivity index (χ4n) is 2.28. The number of halogens is 1. The molecule has 0 heterocycles. The van der Waals surface area contributed by atoms with Crippen LogP contribution >= 0.6 is 24.0 Å². The minimum absolute atomic E-state index is 0. The number of guanidine groups is 1. The van der Waals surface area contributed by atoms with Crippen LogP contribution in [-0.2, 0) is 13.0 Å². The lowest BCUT2D eigenvalue weighted by atomic mass is 10.1. The molecule has 0 atom stereocenters. The van der Waals surface area contributed by atoms with Gasteiger partial charge in [-0.3, -0.25) is 4.99 Å². The van der Waals surface area contributed by atoms with E-state index < -0.39 is 0 Å². The Morgan fingerprint density at radius 3 is 2.50 bits per heavy atom. The van der Waals surface area contributed by atoms with Crippen LogP contribution in [0.3, 0.4) is 0 Å². The lowest BCUT2D eigenvalue weighted by Gasteiger charge is -2.13. The van der Waals surface area contributed by atoms with Crippen LogP contribution in [0.1, 0.15) is 37.3 Å². The predicted octanol–water partition coefficient (Wildman–Crippen LogP) is 3.33. The highest BCUT2D eigenvalue weighted by molar-refractivity contribution is 14.0. The lowest BCUT2D eigenvalue weighted by molar-refractivity contribution is 0.684. The summed E-state index contributed by atoms with van der Waals surface area (Å²) < 4.78 is 0. The third kappa shape index (κ3) is 5.69. The Hall–Kier alpha value is -0.780. The Labute approximate surface area is 139 Å². The number of hydrogen-bond acceptors (Lipinski definition) is 1. The van der Waals surface area contributed by atoms with Crippen LogP contribution in [0.5, 0.6) is 0 Å². The molecule has 1 saturated carbocycles. The molecular formula is C16H26IN3. The molecule has 0 spiro atoms. The van der Waals surface area contributed by atoms with E-state index in [0.29, 0.717) is 0 Å². The molecule has 0 radical (unpaired) electrons. The molecule has 1 aromatic rings. The molecule has 2 N–H and O–H groups in total. The van der Waals surface area contributed by atoms with Crippen molar-refractivity contribution in [2.24, 2.45) is 10.9 Å². The summed E-state index contributed by atoms with van der Waals surface area (Å²) in [7, 11) is 1.83. The Bertz CT molecular complexity index is 427. The van der Waals surface area contributed by atoms with E-state index in [9.17, 15) is 0 Å². The maximum atomic E-state index is 4.27. The number of hydrogen-bond donors (Lipinski definition) is 2. The van der Waals surface area contributed by atoms with Crippen molar-refractivity contribution < 1.29 is 0 Å². The first-order valence-electron chi connectivity index (χ1n) is 7.34. The zero-order valence-electron chi connectivity index (χ0n) is 12.5. The van der Waals surface area contributed by atoms with E-state index in [-0.39, 0.29) is 24.0 Å². The van der Waals surface area contributed by atoms with Crippen molar-refractivity contribution in [1.29, 1.82) is 0 Å². The smallest absolute Gasteiger partial charge is 0.191 e. The van der Waals surface area contributed by atoms with Gasteiger partial charge in [0, 0.05) is 20.1 Å². The molecule has 0 saturated heterocycles. The van der Waals surface area contributed by atoms with Gasteiger partial charge in [-0.25, -0.2) is 0 Å². The predicted molar refractivity (Wildman–Crippen MR) is 96.8 cm³/mol. The summed E-state index contributed by atoms with van der Waals surface area (Å²) in [6, 6.07) is 8.58. The zero-order valence-corrected chi connectivity index (χ0v) is 14.8. The van der Waals surface area contributed by atoms with Gasteiger partial charge in [0.05, 0.1) is 0 Å². The first-order chi connectivity index (χ1) is 9.33. The zero-order chi connectivity index (χ0) is 13.5. The minimum Gasteiger partial charge on any atom is -0.356 e. The van der Waals surface area contributed by atoms with Crippen molar-refractivity contribution in [3.63, 3.8) is 0 Å². The Morgan fingerprint density at radius 2 is 1.90 bits per heavy atom. The number of aliphatic imine (C=N–C) groups is 1. The highest BCUT2D eigenvalue weighted by Gasteiger charge is 2.20. The first-order valence-corrected chi connectivity index (χ1v) is 7.34. The number of rotatable bonds is 6. The summed E-state index contributed by atoms with van der Waals surface area (Å²) in [6.07, 6.45) is 5.17. The monoisotopic (exact) mass is 387 g/mol. The average molecular weight is 387 g/mol. The highest BCUT2D eigenvalue weighted by atomic mass is 127. The lowest BCUT2D eigenvalue weighted by Crippen LogP contribution is -2.37. The van der Waals surface area contributed by atoms with Crippen LogP contribution in [0.4, 0.5) is 0 Å². The van der Waals surface area contributed by atoms with E-state index in [1.807, 2.05) is 7.05 Å². The van der Waals surface area contributed by atoms with Crippen molar-refractivity contribution in [1.82, 2.24) is 10.6 Å². The number of benzene rings is 1. The van der Waals surface area contributed by atoms with Crippen LogP contribution in [0, 0.1) is 5.92 Å². The molecular weight excluding hydrogens is 361 g/mol.